The maximum atomic E-state index is 9.00. The van der Waals surface area contributed by atoms with E-state index in [1.54, 1.807) is 0 Å². The van der Waals surface area contributed by atoms with E-state index in [1.807, 2.05) is 0 Å². The summed E-state index contributed by atoms with van der Waals surface area (Å²) in [5.74, 6) is -0.833. The van der Waals surface area contributed by atoms with Crippen LogP contribution < -0.4 is 0 Å². The van der Waals surface area contributed by atoms with Crippen LogP contribution in [0.25, 0.3) is 0 Å². The number of carbonyl (C=O) groups is 1. The molecular weight excluding hydrogens is 111 g/mol. The molecule has 0 heterocycles. The topological polar surface area (TPSA) is 37.3 Å². The van der Waals surface area contributed by atoms with Crippen molar-refractivity contribution in [2.24, 2.45) is 0 Å². The van der Waals surface area contributed by atoms with E-state index in [1.165, 1.54) is 0 Å². The summed E-state index contributed by atoms with van der Waals surface area (Å²) < 4.78 is 0. The van der Waals surface area contributed by atoms with Gasteiger partial charge in [-0.15, -0.1) is 0 Å². The van der Waals surface area contributed by atoms with E-state index >= 15 is 0 Å². The molecule has 0 aliphatic carbocycles. The standard InChI is InChI=1S/C2H4O2.Na.H2S/c1-2(3)4;;/h1H3,(H,3,4);;1H2. The second-order valence-corrected chi connectivity index (χ2v) is 0.519. The second-order valence-electron chi connectivity index (χ2n) is 0.519. The first-order valence-corrected chi connectivity index (χ1v) is 0.928. The average Bonchev–Trinajstić information content (AvgIpc) is 0.811. The maximum absolute atomic E-state index is 9.00. The summed E-state index contributed by atoms with van der Waals surface area (Å²) in [5.41, 5.74) is 0. The SMILES string of the molecule is CC(=O)O.S.[Na]. The summed E-state index contributed by atoms with van der Waals surface area (Å²) in [5, 5.41) is 7.42. The molecule has 0 amide bonds. The molecule has 0 aliphatic rings. The van der Waals surface area contributed by atoms with Crippen molar-refractivity contribution < 1.29 is 9.90 Å². The van der Waals surface area contributed by atoms with Crippen LogP contribution in [-0.2, 0) is 4.79 Å². The van der Waals surface area contributed by atoms with Gasteiger partial charge >= 0.3 is 0 Å². The molecular formula is C2H6NaO2S. The number of carboxylic acid groups (broad SMARTS) is 1. The first-order valence-electron chi connectivity index (χ1n) is 0.928. The van der Waals surface area contributed by atoms with Gasteiger partial charge in [0.15, 0.2) is 0 Å². The quantitative estimate of drug-likeness (QED) is 0.447. The van der Waals surface area contributed by atoms with Gasteiger partial charge in [-0.2, -0.15) is 13.5 Å². The molecule has 0 atom stereocenters. The van der Waals surface area contributed by atoms with Gasteiger partial charge in [0.25, 0.3) is 5.97 Å². The van der Waals surface area contributed by atoms with Crippen molar-refractivity contribution in [3.63, 3.8) is 0 Å². The van der Waals surface area contributed by atoms with Crippen LogP contribution in [-0.4, -0.2) is 40.6 Å². The third kappa shape index (κ3) is 105. The summed E-state index contributed by atoms with van der Waals surface area (Å²) in [7, 11) is 0. The van der Waals surface area contributed by atoms with Crippen molar-refractivity contribution in [3.8, 4) is 0 Å². The molecule has 2 nitrogen and oxygen atoms in total. The van der Waals surface area contributed by atoms with E-state index in [0.29, 0.717) is 0 Å². The Bertz CT molecular complexity index is 34.5. The van der Waals surface area contributed by atoms with E-state index in [-0.39, 0.29) is 43.1 Å². The van der Waals surface area contributed by atoms with Crippen LogP contribution in [0.5, 0.6) is 0 Å². The number of rotatable bonds is 0. The zero-order chi connectivity index (χ0) is 3.58. The third-order valence-electron chi connectivity index (χ3n) is 0. The Balaban J connectivity index is -0.0000000450. The van der Waals surface area contributed by atoms with Crippen molar-refractivity contribution in [2.45, 2.75) is 6.92 Å². The van der Waals surface area contributed by atoms with Gasteiger partial charge in [0.1, 0.15) is 0 Å². The Kier molecular flexibility index (Phi) is 24.4. The Labute approximate surface area is 65.7 Å². The molecule has 1 N–H and O–H groups in total. The van der Waals surface area contributed by atoms with Crippen LogP contribution in [0.2, 0.25) is 0 Å². The van der Waals surface area contributed by atoms with Crippen molar-refractivity contribution in [2.75, 3.05) is 0 Å². The fourth-order valence-electron chi connectivity index (χ4n) is 0. The smallest absolute Gasteiger partial charge is 0.300 e. The summed E-state index contributed by atoms with van der Waals surface area (Å²) in [6, 6.07) is 0. The fourth-order valence-corrected chi connectivity index (χ4v) is 0. The maximum Gasteiger partial charge on any atom is 0.300 e. The number of aliphatic carboxylic acids is 1. The normalized spacial score (nSPS) is 4.17. The Morgan fingerprint density at radius 3 is 1.67 bits per heavy atom. The van der Waals surface area contributed by atoms with Crippen molar-refractivity contribution in [3.05, 3.63) is 0 Å². The van der Waals surface area contributed by atoms with Crippen LogP contribution in [0, 0.1) is 0 Å². The molecule has 33 valence electrons. The Morgan fingerprint density at radius 2 is 1.67 bits per heavy atom. The van der Waals surface area contributed by atoms with Gasteiger partial charge in [0, 0.05) is 36.5 Å². The second kappa shape index (κ2) is 9.27. The van der Waals surface area contributed by atoms with E-state index in [4.69, 9.17) is 9.90 Å². The molecule has 0 spiro atoms. The summed E-state index contributed by atoms with van der Waals surface area (Å²) >= 11 is 0. The molecule has 0 bridgehead atoms. The number of carboxylic acids is 1. The van der Waals surface area contributed by atoms with Crippen molar-refractivity contribution in [1.29, 1.82) is 0 Å². The molecule has 0 unspecified atom stereocenters. The fraction of sp³-hybridized carbons (Fsp3) is 0.500. The Morgan fingerprint density at radius 1 is 1.67 bits per heavy atom. The molecule has 0 saturated heterocycles. The number of hydrogen-bond donors (Lipinski definition) is 1. The van der Waals surface area contributed by atoms with Gasteiger partial charge in [0.05, 0.1) is 0 Å². The third-order valence-corrected chi connectivity index (χ3v) is 0. The number of hydrogen-bond acceptors (Lipinski definition) is 1. The van der Waals surface area contributed by atoms with Crippen LogP contribution in [0.3, 0.4) is 0 Å². The monoisotopic (exact) mass is 117 g/mol. The first kappa shape index (κ1) is 15.8. The minimum Gasteiger partial charge on any atom is -0.481 e. The Hall–Kier alpha value is 0.820. The first-order chi connectivity index (χ1) is 1.73. The molecule has 1 radical (unpaired) electrons. The van der Waals surface area contributed by atoms with E-state index in [9.17, 15) is 0 Å². The van der Waals surface area contributed by atoms with Gasteiger partial charge in [-0.1, -0.05) is 0 Å². The minimum atomic E-state index is -0.833. The zero-order valence-corrected chi connectivity index (χ0v) is 6.86. The van der Waals surface area contributed by atoms with Gasteiger partial charge < -0.3 is 5.11 Å². The molecule has 0 rings (SSSR count). The molecule has 4 heteroatoms. The van der Waals surface area contributed by atoms with Gasteiger partial charge in [-0.25, -0.2) is 0 Å². The molecule has 0 aromatic rings. The predicted octanol–water partition coefficient (Wildman–Crippen LogP) is -0.177. The van der Waals surface area contributed by atoms with E-state index in [0.717, 1.165) is 6.92 Å². The van der Waals surface area contributed by atoms with Crippen LogP contribution in [0.1, 0.15) is 6.92 Å². The minimum absolute atomic E-state index is 0. The molecule has 0 aliphatic heterocycles. The van der Waals surface area contributed by atoms with Crippen LogP contribution >= 0.6 is 13.5 Å². The summed E-state index contributed by atoms with van der Waals surface area (Å²) in [4.78, 5) is 9.00. The van der Waals surface area contributed by atoms with Gasteiger partial charge in [-0.3, -0.25) is 4.79 Å². The average molecular weight is 117 g/mol. The van der Waals surface area contributed by atoms with Crippen LogP contribution in [0.15, 0.2) is 0 Å². The molecule has 0 saturated carbocycles. The molecule has 0 aromatic carbocycles. The van der Waals surface area contributed by atoms with E-state index in [2.05, 4.69) is 0 Å². The largest absolute Gasteiger partial charge is 0.481 e. The van der Waals surface area contributed by atoms with Crippen molar-refractivity contribution >= 4 is 49.0 Å². The van der Waals surface area contributed by atoms with Gasteiger partial charge in [-0.05, 0) is 0 Å². The summed E-state index contributed by atoms with van der Waals surface area (Å²) in [6.07, 6.45) is 0. The van der Waals surface area contributed by atoms with E-state index < -0.39 is 5.97 Å². The van der Waals surface area contributed by atoms with Crippen molar-refractivity contribution in [1.82, 2.24) is 0 Å². The predicted molar refractivity (Wildman–Crippen MR) is 29.4 cm³/mol. The molecule has 6 heavy (non-hydrogen) atoms. The zero-order valence-electron chi connectivity index (χ0n) is 3.86. The molecule has 0 aromatic heterocycles. The summed E-state index contributed by atoms with van der Waals surface area (Å²) in [6.45, 7) is 1.08. The molecule has 0 fully saturated rings. The van der Waals surface area contributed by atoms with Gasteiger partial charge in [0.2, 0.25) is 0 Å². The van der Waals surface area contributed by atoms with Crippen LogP contribution in [0.4, 0.5) is 0 Å².